The summed E-state index contributed by atoms with van der Waals surface area (Å²) in [5.74, 6) is -4.08. The molecule has 2 atom stereocenters. The molecule has 2 aromatic rings. The summed E-state index contributed by atoms with van der Waals surface area (Å²) in [6, 6.07) is 9.04. The number of carbonyl (C=O) groups is 1. The van der Waals surface area contributed by atoms with Gasteiger partial charge in [0.25, 0.3) is 5.91 Å². The fourth-order valence-corrected chi connectivity index (χ4v) is 4.84. The number of nitrogens with zero attached hydrogens (tertiary/aromatic N) is 2. The minimum absolute atomic E-state index is 0.114. The van der Waals surface area contributed by atoms with Gasteiger partial charge in [0, 0.05) is 38.5 Å². The van der Waals surface area contributed by atoms with Gasteiger partial charge < -0.3 is 16.2 Å². The van der Waals surface area contributed by atoms with E-state index in [9.17, 15) is 23.1 Å². The molecule has 6 nitrogen and oxygen atoms in total. The largest absolute Gasteiger partial charge is 0.384 e. The Hall–Kier alpha value is -2.65. The molecule has 1 amide bonds. The Bertz CT molecular complexity index is 995. The molecule has 0 unspecified atom stereocenters. The van der Waals surface area contributed by atoms with Crippen molar-refractivity contribution < 1.29 is 23.1 Å². The Labute approximate surface area is 191 Å². The van der Waals surface area contributed by atoms with Crippen LogP contribution < -0.4 is 11.1 Å². The molecule has 2 aliphatic rings. The van der Waals surface area contributed by atoms with E-state index in [0.29, 0.717) is 30.8 Å². The number of alkyl halides is 2. The van der Waals surface area contributed by atoms with Gasteiger partial charge in [0.2, 0.25) is 5.92 Å². The third kappa shape index (κ3) is 5.83. The number of nitrogens with one attached hydrogen (secondary N) is 1. The zero-order valence-corrected chi connectivity index (χ0v) is 18.3. The van der Waals surface area contributed by atoms with E-state index in [1.165, 1.54) is 12.1 Å². The Morgan fingerprint density at radius 1 is 1.24 bits per heavy atom. The lowest BCUT2D eigenvalue weighted by Gasteiger charge is -2.32. The first-order valence-corrected chi connectivity index (χ1v) is 11.3. The second-order valence-electron chi connectivity index (χ2n) is 9.08. The maximum absolute atomic E-state index is 13.9. The molecule has 2 heterocycles. The quantitative estimate of drug-likeness (QED) is 0.611. The summed E-state index contributed by atoms with van der Waals surface area (Å²) in [7, 11) is 0. The number of aliphatic hydroxyl groups excluding tert-OH is 1. The first-order chi connectivity index (χ1) is 15.7. The lowest BCUT2D eigenvalue weighted by Crippen LogP contribution is -2.45. The Morgan fingerprint density at radius 3 is 2.67 bits per heavy atom. The summed E-state index contributed by atoms with van der Waals surface area (Å²) in [4.78, 5) is 19.3. The van der Waals surface area contributed by atoms with Crippen molar-refractivity contribution in [2.45, 2.75) is 62.6 Å². The van der Waals surface area contributed by atoms with Gasteiger partial charge in [-0.3, -0.25) is 9.69 Å². The Morgan fingerprint density at radius 2 is 2.00 bits per heavy atom. The van der Waals surface area contributed by atoms with E-state index < -0.39 is 36.1 Å². The normalized spacial score (nSPS) is 22.2. The van der Waals surface area contributed by atoms with Gasteiger partial charge in [0.05, 0.1) is 5.69 Å². The van der Waals surface area contributed by atoms with Crippen LogP contribution in [-0.2, 0) is 11.3 Å². The number of nitrogen functional groups attached to an aromatic ring is 1. The number of anilines is 1. The van der Waals surface area contributed by atoms with Crippen molar-refractivity contribution in [2.75, 3.05) is 18.8 Å². The van der Waals surface area contributed by atoms with Crippen LogP contribution >= 0.6 is 0 Å². The molecule has 33 heavy (non-hydrogen) atoms. The number of halogens is 3. The number of likely N-dealkylation sites (tertiary alicyclic amines) is 1. The van der Waals surface area contributed by atoms with E-state index in [1.54, 1.807) is 6.07 Å². The number of hydrogen-bond donors (Lipinski definition) is 3. The molecular weight excluding hydrogens is 433 g/mol. The second-order valence-corrected chi connectivity index (χ2v) is 9.08. The zero-order valence-electron chi connectivity index (χ0n) is 18.3. The van der Waals surface area contributed by atoms with Crippen LogP contribution in [0.15, 0.2) is 36.4 Å². The molecule has 2 fully saturated rings. The number of piperidine rings is 1. The van der Waals surface area contributed by atoms with E-state index in [4.69, 9.17) is 5.73 Å². The summed E-state index contributed by atoms with van der Waals surface area (Å²) in [6.07, 6.45) is -0.627. The standard InChI is InChI=1S/C24H29F3N4O2/c25-16-4-5-19(20(12-16)15-6-9-24(26,27)13-15)22(32)23(33)30-17-7-10-31(11-8-17)14-18-2-1-3-21(28)29-18/h1-5,12,15,17,22,32H,6-11,13-14H2,(H2,28,29)(H,30,33)/t15-,22-/m1/s1. The van der Waals surface area contributed by atoms with E-state index >= 15 is 0 Å². The highest BCUT2D eigenvalue weighted by molar-refractivity contribution is 5.82. The van der Waals surface area contributed by atoms with E-state index in [2.05, 4.69) is 15.2 Å². The number of hydrogen-bond acceptors (Lipinski definition) is 5. The fourth-order valence-electron chi connectivity index (χ4n) is 4.84. The predicted molar refractivity (Wildman–Crippen MR) is 118 cm³/mol. The molecule has 0 bridgehead atoms. The van der Waals surface area contributed by atoms with Crippen LogP contribution in [0.4, 0.5) is 19.0 Å². The average Bonchev–Trinajstić information content (AvgIpc) is 3.14. The summed E-state index contributed by atoms with van der Waals surface area (Å²) in [5, 5.41) is 13.6. The van der Waals surface area contributed by atoms with Gasteiger partial charge in [-0.05, 0) is 60.6 Å². The summed E-state index contributed by atoms with van der Waals surface area (Å²) in [5.41, 5.74) is 7.10. The highest BCUT2D eigenvalue weighted by Gasteiger charge is 2.41. The first-order valence-electron chi connectivity index (χ1n) is 11.3. The molecule has 1 saturated heterocycles. The molecule has 4 N–H and O–H groups in total. The van der Waals surface area contributed by atoms with Crippen LogP contribution in [-0.4, -0.2) is 46.0 Å². The van der Waals surface area contributed by atoms with Crippen molar-refractivity contribution in [1.82, 2.24) is 15.2 Å². The SMILES string of the molecule is Nc1cccc(CN2CCC(NC(=O)[C@H](O)c3ccc(F)cc3[C@@H]3CCC(F)(F)C3)CC2)n1. The van der Waals surface area contributed by atoms with Crippen molar-refractivity contribution >= 4 is 11.7 Å². The molecule has 4 rings (SSSR count). The van der Waals surface area contributed by atoms with Crippen LogP contribution in [0.25, 0.3) is 0 Å². The molecule has 1 saturated carbocycles. The number of nitrogens with two attached hydrogens (primary N) is 1. The van der Waals surface area contributed by atoms with Crippen LogP contribution in [0.1, 0.15) is 60.9 Å². The van der Waals surface area contributed by atoms with Crippen LogP contribution in [0, 0.1) is 5.82 Å². The molecule has 9 heteroatoms. The molecule has 178 valence electrons. The number of amides is 1. The maximum Gasteiger partial charge on any atom is 0.253 e. The molecule has 1 aliphatic carbocycles. The summed E-state index contributed by atoms with van der Waals surface area (Å²) >= 11 is 0. The highest BCUT2D eigenvalue weighted by atomic mass is 19.3. The number of aromatic nitrogens is 1. The minimum Gasteiger partial charge on any atom is -0.384 e. The van der Waals surface area contributed by atoms with Gasteiger partial charge in [0.15, 0.2) is 6.10 Å². The van der Waals surface area contributed by atoms with E-state index in [-0.39, 0.29) is 24.4 Å². The van der Waals surface area contributed by atoms with Gasteiger partial charge in [-0.1, -0.05) is 12.1 Å². The molecule has 0 spiro atoms. The Balaban J connectivity index is 1.35. The van der Waals surface area contributed by atoms with E-state index in [1.807, 2.05) is 12.1 Å². The van der Waals surface area contributed by atoms with Crippen LogP contribution in [0.2, 0.25) is 0 Å². The van der Waals surface area contributed by atoms with Gasteiger partial charge in [-0.15, -0.1) is 0 Å². The number of rotatable bonds is 6. The number of aliphatic hydroxyl groups is 1. The summed E-state index contributed by atoms with van der Waals surface area (Å²) < 4.78 is 41.3. The number of benzene rings is 1. The average molecular weight is 463 g/mol. The van der Waals surface area contributed by atoms with Crippen molar-refractivity contribution in [2.24, 2.45) is 0 Å². The monoisotopic (exact) mass is 462 g/mol. The van der Waals surface area contributed by atoms with Crippen molar-refractivity contribution in [1.29, 1.82) is 0 Å². The van der Waals surface area contributed by atoms with Crippen molar-refractivity contribution in [3.05, 3.63) is 59.0 Å². The number of carbonyl (C=O) groups excluding carboxylic acids is 1. The molecule has 1 aromatic heterocycles. The van der Waals surface area contributed by atoms with Crippen LogP contribution in [0.5, 0.6) is 0 Å². The lowest BCUT2D eigenvalue weighted by atomic mass is 9.89. The number of pyridine rings is 1. The molecule has 1 aliphatic heterocycles. The third-order valence-electron chi connectivity index (χ3n) is 6.58. The van der Waals surface area contributed by atoms with Gasteiger partial charge >= 0.3 is 0 Å². The third-order valence-corrected chi connectivity index (χ3v) is 6.58. The van der Waals surface area contributed by atoms with Gasteiger partial charge in [0.1, 0.15) is 11.6 Å². The van der Waals surface area contributed by atoms with Crippen LogP contribution in [0.3, 0.4) is 0 Å². The predicted octanol–water partition coefficient (Wildman–Crippen LogP) is 3.52. The minimum atomic E-state index is -2.81. The second kappa shape index (κ2) is 9.69. The molecule has 1 aromatic carbocycles. The van der Waals surface area contributed by atoms with E-state index in [0.717, 1.165) is 24.8 Å². The van der Waals surface area contributed by atoms with Crippen molar-refractivity contribution in [3.8, 4) is 0 Å². The fraction of sp³-hybridized carbons (Fsp3) is 0.500. The van der Waals surface area contributed by atoms with Gasteiger partial charge in [-0.25, -0.2) is 18.2 Å². The first kappa shape index (κ1) is 23.5. The highest BCUT2D eigenvalue weighted by Crippen LogP contribution is 2.46. The molecule has 0 radical (unpaired) electrons. The zero-order chi connectivity index (χ0) is 23.6. The lowest BCUT2D eigenvalue weighted by molar-refractivity contribution is -0.130. The van der Waals surface area contributed by atoms with Crippen molar-refractivity contribution in [3.63, 3.8) is 0 Å². The Kier molecular flexibility index (Phi) is 6.90. The molecular formula is C24H29F3N4O2. The van der Waals surface area contributed by atoms with Gasteiger partial charge in [-0.2, -0.15) is 0 Å². The smallest absolute Gasteiger partial charge is 0.253 e. The maximum atomic E-state index is 13.9. The topological polar surface area (TPSA) is 91.5 Å². The summed E-state index contributed by atoms with van der Waals surface area (Å²) in [6.45, 7) is 2.16.